The van der Waals surface area contributed by atoms with Crippen molar-refractivity contribution < 1.29 is 14.3 Å². The number of amides is 2. The maximum absolute atomic E-state index is 12.6. The van der Waals surface area contributed by atoms with Crippen LogP contribution >= 0.6 is 0 Å². The number of morpholine rings is 1. The van der Waals surface area contributed by atoms with Crippen LogP contribution in [0, 0.1) is 12.8 Å². The quantitative estimate of drug-likeness (QED) is 0.819. The van der Waals surface area contributed by atoms with Gasteiger partial charge in [0.15, 0.2) is 0 Å². The molecule has 3 heterocycles. The van der Waals surface area contributed by atoms with Crippen LogP contribution in [0.4, 0.5) is 0 Å². The number of aromatic nitrogens is 1. The number of nitrogens with zero attached hydrogens (tertiary/aromatic N) is 3. The van der Waals surface area contributed by atoms with Crippen LogP contribution in [0.1, 0.15) is 29.0 Å². The number of carbonyl (C=O) groups is 2. The van der Waals surface area contributed by atoms with E-state index in [1.165, 1.54) is 0 Å². The molecule has 0 radical (unpaired) electrons. The third-order valence-corrected chi connectivity index (χ3v) is 4.49. The zero-order chi connectivity index (χ0) is 16.2. The van der Waals surface area contributed by atoms with E-state index >= 15 is 0 Å². The molecular weight excluding hydrogens is 294 g/mol. The number of likely N-dealkylation sites (tertiary alicyclic amines) is 1. The molecule has 1 unspecified atom stereocenters. The predicted molar refractivity (Wildman–Crippen MR) is 85.0 cm³/mol. The van der Waals surface area contributed by atoms with Crippen LogP contribution in [-0.2, 0) is 9.53 Å². The highest BCUT2D eigenvalue weighted by molar-refractivity contribution is 5.93. The second-order valence-corrected chi connectivity index (χ2v) is 6.19. The minimum Gasteiger partial charge on any atom is -0.378 e. The summed E-state index contributed by atoms with van der Waals surface area (Å²) in [6, 6.07) is 5.45. The van der Waals surface area contributed by atoms with E-state index in [4.69, 9.17) is 4.74 Å². The Balaban J connectivity index is 1.65. The van der Waals surface area contributed by atoms with Gasteiger partial charge in [-0.1, -0.05) is 6.07 Å². The van der Waals surface area contributed by atoms with E-state index in [9.17, 15) is 9.59 Å². The molecule has 0 spiro atoms. The topological polar surface area (TPSA) is 62.7 Å². The summed E-state index contributed by atoms with van der Waals surface area (Å²) < 4.78 is 5.30. The van der Waals surface area contributed by atoms with Crippen molar-refractivity contribution in [3.8, 4) is 0 Å². The molecule has 2 aliphatic heterocycles. The molecule has 0 N–H and O–H groups in total. The molecule has 124 valence electrons. The Bertz CT molecular complexity index is 584. The second kappa shape index (κ2) is 7.08. The summed E-state index contributed by atoms with van der Waals surface area (Å²) in [7, 11) is 0. The third kappa shape index (κ3) is 3.69. The van der Waals surface area contributed by atoms with Crippen molar-refractivity contribution >= 4 is 11.8 Å². The Labute approximate surface area is 136 Å². The molecular formula is C17H23N3O3. The summed E-state index contributed by atoms with van der Waals surface area (Å²) in [4.78, 5) is 33.2. The smallest absolute Gasteiger partial charge is 0.272 e. The lowest BCUT2D eigenvalue weighted by molar-refractivity contribution is -0.141. The maximum Gasteiger partial charge on any atom is 0.272 e. The van der Waals surface area contributed by atoms with Crippen LogP contribution in [-0.4, -0.2) is 66.0 Å². The van der Waals surface area contributed by atoms with Gasteiger partial charge in [0.05, 0.1) is 19.1 Å². The molecule has 0 bridgehead atoms. The molecule has 2 aliphatic rings. The Morgan fingerprint density at radius 2 is 1.96 bits per heavy atom. The summed E-state index contributed by atoms with van der Waals surface area (Å²) in [6.45, 7) is 5.58. The van der Waals surface area contributed by atoms with Crippen LogP contribution < -0.4 is 0 Å². The number of carbonyl (C=O) groups excluding carboxylic acids is 2. The van der Waals surface area contributed by atoms with Crippen molar-refractivity contribution in [2.75, 3.05) is 39.4 Å². The van der Waals surface area contributed by atoms with E-state index in [1.54, 1.807) is 11.0 Å². The highest BCUT2D eigenvalue weighted by atomic mass is 16.5. The summed E-state index contributed by atoms with van der Waals surface area (Å²) in [5, 5.41) is 0. The fourth-order valence-corrected chi connectivity index (χ4v) is 3.23. The van der Waals surface area contributed by atoms with Crippen molar-refractivity contribution in [1.29, 1.82) is 0 Å². The van der Waals surface area contributed by atoms with E-state index in [-0.39, 0.29) is 17.7 Å². The number of rotatable bonds is 2. The van der Waals surface area contributed by atoms with Crippen LogP contribution in [0.25, 0.3) is 0 Å². The van der Waals surface area contributed by atoms with Gasteiger partial charge in [0.25, 0.3) is 5.91 Å². The molecule has 6 heteroatoms. The SMILES string of the molecule is Cc1cccc(C(=O)N2CCCC(C(=O)N3CCOCC3)C2)n1. The van der Waals surface area contributed by atoms with Gasteiger partial charge in [0.2, 0.25) is 5.91 Å². The average Bonchev–Trinajstić information content (AvgIpc) is 2.61. The lowest BCUT2D eigenvalue weighted by Gasteiger charge is -2.36. The van der Waals surface area contributed by atoms with E-state index in [2.05, 4.69) is 4.98 Å². The number of hydrogen-bond donors (Lipinski definition) is 0. The number of ether oxygens (including phenoxy) is 1. The van der Waals surface area contributed by atoms with Gasteiger partial charge in [-0.2, -0.15) is 0 Å². The first-order valence-corrected chi connectivity index (χ1v) is 8.24. The molecule has 0 aromatic carbocycles. The largest absolute Gasteiger partial charge is 0.378 e. The van der Waals surface area contributed by atoms with Gasteiger partial charge < -0.3 is 14.5 Å². The van der Waals surface area contributed by atoms with Gasteiger partial charge in [-0.25, -0.2) is 4.98 Å². The molecule has 0 saturated carbocycles. The Morgan fingerprint density at radius 1 is 1.17 bits per heavy atom. The van der Waals surface area contributed by atoms with E-state index in [0.717, 1.165) is 18.5 Å². The first-order chi connectivity index (χ1) is 11.1. The monoisotopic (exact) mass is 317 g/mol. The molecule has 0 aliphatic carbocycles. The van der Waals surface area contributed by atoms with Crippen LogP contribution in [0.15, 0.2) is 18.2 Å². The Kier molecular flexibility index (Phi) is 4.91. The fraction of sp³-hybridized carbons (Fsp3) is 0.588. The second-order valence-electron chi connectivity index (χ2n) is 6.19. The van der Waals surface area contributed by atoms with Gasteiger partial charge in [-0.3, -0.25) is 9.59 Å². The molecule has 23 heavy (non-hydrogen) atoms. The summed E-state index contributed by atoms with van der Waals surface area (Å²) in [6.07, 6.45) is 1.71. The summed E-state index contributed by atoms with van der Waals surface area (Å²) in [5.41, 5.74) is 1.29. The molecule has 6 nitrogen and oxygen atoms in total. The molecule has 1 aromatic rings. The number of aryl methyl sites for hydroxylation is 1. The predicted octanol–water partition coefficient (Wildman–Crippen LogP) is 1.10. The Morgan fingerprint density at radius 3 is 2.70 bits per heavy atom. The lowest BCUT2D eigenvalue weighted by Crippen LogP contribution is -2.49. The van der Waals surface area contributed by atoms with Crippen LogP contribution in [0.5, 0.6) is 0 Å². The normalized spacial score (nSPS) is 22.0. The van der Waals surface area contributed by atoms with E-state index in [1.807, 2.05) is 24.0 Å². The highest BCUT2D eigenvalue weighted by Crippen LogP contribution is 2.21. The average molecular weight is 317 g/mol. The molecule has 2 amide bonds. The van der Waals surface area contributed by atoms with E-state index < -0.39 is 0 Å². The van der Waals surface area contributed by atoms with Gasteiger partial charge in [0, 0.05) is 31.9 Å². The summed E-state index contributed by atoms with van der Waals surface area (Å²) >= 11 is 0. The van der Waals surface area contributed by atoms with Crippen molar-refractivity contribution in [2.24, 2.45) is 5.92 Å². The Hall–Kier alpha value is -1.95. The zero-order valence-electron chi connectivity index (χ0n) is 13.5. The first-order valence-electron chi connectivity index (χ1n) is 8.24. The van der Waals surface area contributed by atoms with Crippen molar-refractivity contribution in [2.45, 2.75) is 19.8 Å². The maximum atomic E-state index is 12.6. The minimum absolute atomic E-state index is 0.0758. The molecule has 1 atom stereocenters. The van der Waals surface area contributed by atoms with Crippen molar-refractivity contribution in [1.82, 2.24) is 14.8 Å². The highest BCUT2D eigenvalue weighted by Gasteiger charge is 2.32. The zero-order valence-corrected chi connectivity index (χ0v) is 13.5. The first kappa shape index (κ1) is 15.9. The fourth-order valence-electron chi connectivity index (χ4n) is 3.23. The van der Waals surface area contributed by atoms with Gasteiger partial charge in [-0.15, -0.1) is 0 Å². The molecule has 3 rings (SSSR count). The third-order valence-electron chi connectivity index (χ3n) is 4.49. The number of hydrogen-bond acceptors (Lipinski definition) is 4. The van der Waals surface area contributed by atoms with Crippen LogP contribution in [0.2, 0.25) is 0 Å². The lowest BCUT2D eigenvalue weighted by atomic mass is 9.96. The van der Waals surface area contributed by atoms with Crippen LogP contribution in [0.3, 0.4) is 0 Å². The molecule has 2 fully saturated rings. The van der Waals surface area contributed by atoms with Gasteiger partial charge in [-0.05, 0) is 31.9 Å². The van der Waals surface area contributed by atoms with Gasteiger partial charge in [0.1, 0.15) is 5.69 Å². The minimum atomic E-state index is -0.101. The van der Waals surface area contributed by atoms with Gasteiger partial charge >= 0.3 is 0 Å². The van der Waals surface area contributed by atoms with Crippen molar-refractivity contribution in [3.63, 3.8) is 0 Å². The van der Waals surface area contributed by atoms with Crippen molar-refractivity contribution in [3.05, 3.63) is 29.6 Å². The standard InChI is InChI=1S/C17H23N3O3/c1-13-4-2-6-15(18-13)17(22)20-7-3-5-14(12-20)16(21)19-8-10-23-11-9-19/h2,4,6,14H,3,5,7-12H2,1H3. The summed E-state index contributed by atoms with van der Waals surface area (Å²) in [5.74, 6) is -0.0215. The van der Waals surface area contributed by atoms with E-state index in [0.29, 0.717) is 45.1 Å². The molecule has 1 aromatic heterocycles. The number of piperidine rings is 1. The number of pyridine rings is 1. The molecule has 2 saturated heterocycles.